The largest absolute Gasteiger partial charge is 0.464 e. The number of hydrogen-bond donors (Lipinski definition) is 0. The second kappa shape index (κ2) is 4.62. The van der Waals surface area contributed by atoms with Crippen molar-refractivity contribution in [2.45, 2.75) is 37.6 Å². The molecule has 0 spiro atoms. The molecule has 0 aromatic rings. The molecule has 5 atom stereocenters. The summed E-state index contributed by atoms with van der Waals surface area (Å²) >= 11 is 0. The third kappa shape index (κ3) is 1.77. The molecule has 3 aliphatic rings. The molecule has 22 heavy (non-hydrogen) atoms. The van der Waals surface area contributed by atoms with Crippen LogP contribution in [0.25, 0.3) is 0 Å². The van der Waals surface area contributed by atoms with Crippen LogP contribution in [0.4, 0.5) is 4.39 Å². The minimum atomic E-state index is -4.44. The maximum Gasteiger partial charge on any atom is 0.401 e. The van der Waals surface area contributed by atoms with Gasteiger partial charge in [0, 0.05) is 5.92 Å². The number of fused-ring (bicyclic) bond motifs is 3. The molecule has 0 amide bonds. The lowest BCUT2D eigenvalue weighted by atomic mass is 9.91. The van der Waals surface area contributed by atoms with E-state index in [0.717, 1.165) is 0 Å². The molecule has 1 saturated heterocycles. The van der Waals surface area contributed by atoms with Gasteiger partial charge in [-0.15, -0.1) is 0 Å². The zero-order valence-corrected chi connectivity index (χ0v) is 12.7. The zero-order chi connectivity index (χ0) is 16.3. The van der Waals surface area contributed by atoms with Crippen molar-refractivity contribution in [1.82, 2.24) is 0 Å². The SMILES string of the molecule is CCOC(=O)[C@@]1(F)[C@H]2[C@@H]1C[C@@H]1OS(=O)(=O)O[C@@]12C(=O)OCC. The highest BCUT2D eigenvalue weighted by atomic mass is 32.3. The monoisotopic (exact) mass is 338 g/mol. The van der Waals surface area contributed by atoms with E-state index in [1.165, 1.54) is 13.8 Å². The Kier molecular flexibility index (Phi) is 3.28. The minimum Gasteiger partial charge on any atom is -0.464 e. The Labute approximate surface area is 126 Å². The van der Waals surface area contributed by atoms with Gasteiger partial charge in [-0.3, -0.25) is 0 Å². The summed E-state index contributed by atoms with van der Waals surface area (Å²) in [7, 11) is -4.44. The molecule has 2 aliphatic carbocycles. The Morgan fingerprint density at radius 2 is 1.82 bits per heavy atom. The fourth-order valence-electron chi connectivity index (χ4n) is 3.55. The first-order valence-corrected chi connectivity index (χ1v) is 8.24. The van der Waals surface area contributed by atoms with Crippen LogP contribution in [-0.2, 0) is 37.8 Å². The van der Waals surface area contributed by atoms with Crippen LogP contribution in [0.3, 0.4) is 0 Å². The van der Waals surface area contributed by atoms with Crippen LogP contribution in [0.15, 0.2) is 0 Å². The van der Waals surface area contributed by atoms with E-state index in [9.17, 15) is 22.4 Å². The number of esters is 2. The summed E-state index contributed by atoms with van der Waals surface area (Å²) in [5, 5.41) is 0. The van der Waals surface area contributed by atoms with Crippen LogP contribution in [0.2, 0.25) is 0 Å². The second-order valence-corrected chi connectivity index (χ2v) is 6.57. The average Bonchev–Trinajstić information content (AvgIpc) is 2.73. The summed E-state index contributed by atoms with van der Waals surface area (Å²) in [5.41, 5.74) is -4.61. The molecule has 10 heteroatoms. The average molecular weight is 338 g/mol. The number of carbonyl (C=O) groups excluding carboxylic acids is 2. The highest BCUT2D eigenvalue weighted by molar-refractivity contribution is 7.82. The van der Waals surface area contributed by atoms with Crippen molar-refractivity contribution in [2.75, 3.05) is 13.2 Å². The summed E-state index contributed by atoms with van der Waals surface area (Å²) in [5.74, 6) is -4.35. The summed E-state index contributed by atoms with van der Waals surface area (Å²) < 4.78 is 57.0. The molecular formula is C12H15FO8S. The Hall–Kier alpha value is -1.26. The maximum atomic E-state index is 14.9. The molecule has 3 rings (SSSR count). The standard InChI is InChI=1S/C12H15FO8S/c1-3-18-9(14)11(13)6-5-7-12(8(6)11,10(15)19-4-2)21-22(16,17)20-7/h6-8H,3-5H2,1-2H3/t6-,7-,8+,11-,12-/m0/s1. The minimum absolute atomic E-state index is 0.0323. The van der Waals surface area contributed by atoms with E-state index >= 15 is 0 Å². The van der Waals surface area contributed by atoms with Gasteiger partial charge in [0.25, 0.3) is 0 Å². The van der Waals surface area contributed by atoms with Gasteiger partial charge in [0.05, 0.1) is 19.1 Å². The summed E-state index contributed by atoms with van der Waals surface area (Å²) in [6.45, 7) is 2.95. The smallest absolute Gasteiger partial charge is 0.401 e. The van der Waals surface area contributed by atoms with Crippen LogP contribution in [0.5, 0.6) is 0 Å². The molecular weight excluding hydrogens is 323 g/mol. The fourth-order valence-corrected chi connectivity index (χ4v) is 4.71. The lowest BCUT2D eigenvalue weighted by Gasteiger charge is -2.26. The molecule has 1 aliphatic heterocycles. The van der Waals surface area contributed by atoms with E-state index in [2.05, 4.69) is 4.74 Å². The van der Waals surface area contributed by atoms with Crippen LogP contribution in [0, 0.1) is 11.8 Å². The van der Waals surface area contributed by atoms with Crippen molar-refractivity contribution < 1.29 is 40.2 Å². The molecule has 0 unspecified atom stereocenters. The van der Waals surface area contributed by atoms with E-state index < -0.39 is 51.5 Å². The van der Waals surface area contributed by atoms with Crippen LogP contribution in [-0.4, -0.2) is 50.9 Å². The second-order valence-electron chi connectivity index (χ2n) is 5.40. The van der Waals surface area contributed by atoms with Gasteiger partial charge in [-0.05, 0) is 20.3 Å². The van der Waals surface area contributed by atoms with Crippen LogP contribution < -0.4 is 0 Å². The summed E-state index contributed by atoms with van der Waals surface area (Å²) in [4.78, 5) is 24.0. The van der Waals surface area contributed by atoms with Gasteiger partial charge in [-0.2, -0.15) is 8.42 Å². The van der Waals surface area contributed by atoms with Crippen molar-refractivity contribution in [3.05, 3.63) is 0 Å². The molecule has 124 valence electrons. The highest BCUT2D eigenvalue weighted by Gasteiger charge is 2.90. The maximum absolute atomic E-state index is 14.9. The van der Waals surface area contributed by atoms with Gasteiger partial charge < -0.3 is 9.47 Å². The molecule has 2 saturated carbocycles. The lowest BCUT2D eigenvalue weighted by Crippen LogP contribution is -2.52. The van der Waals surface area contributed by atoms with Gasteiger partial charge in [-0.25, -0.2) is 22.3 Å². The molecule has 0 bridgehead atoms. The van der Waals surface area contributed by atoms with E-state index in [-0.39, 0.29) is 19.6 Å². The Bertz CT molecular complexity index is 633. The highest BCUT2D eigenvalue weighted by Crippen LogP contribution is 2.71. The first-order chi connectivity index (χ1) is 10.2. The number of alkyl halides is 1. The Morgan fingerprint density at radius 3 is 2.41 bits per heavy atom. The van der Waals surface area contributed by atoms with Crippen molar-refractivity contribution in [3.8, 4) is 0 Å². The normalized spacial score (nSPS) is 44.0. The number of hydrogen-bond acceptors (Lipinski definition) is 8. The Morgan fingerprint density at radius 1 is 1.23 bits per heavy atom. The van der Waals surface area contributed by atoms with E-state index in [1.54, 1.807) is 0 Å². The summed E-state index contributed by atoms with van der Waals surface area (Å²) in [6.07, 6.45) is -1.33. The van der Waals surface area contributed by atoms with Crippen molar-refractivity contribution >= 4 is 22.3 Å². The van der Waals surface area contributed by atoms with Gasteiger partial charge in [-0.1, -0.05) is 0 Å². The number of rotatable bonds is 4. The van der Waals surface area contributed by atoms with Crippen LogP contribution >= 0.6 is 0 Å². The van der Waals surface area contributed by atoms with Crippen LogP contribution in [0.1, 0.15) is 20.3 Å². The zero-order valence-electron chi connectivity index (χ0n) is 11.9. The van der Waals surface area contributed by atoms with Gasteiger partial charge in [0.2, 0.25) is 11.3 Å². The quantitative estimate of drug-likeness (QED) is 0.653. The van der Waals surface area contributed by atoms with Gasteiger partial charge in [0.1, 0.15) is 6.10 Å². The van der Waals surface area contributed by atoms with Crippen molar-refractivity contribution in [1.29, 1.82) is 0 Å². The molecule has 8 nitrogen and oxygen atoms in total. The number of carbonyl (C=O) groups is 2. The number of ether oxygens (including phenoxy) is 2. The third-order valence-corrected chi connectivity index (χ3v) is 5.30. The predicted octanol–water partition coefficient (Wildman–Crippen LogP) is -0.130. The van der Waals surface area contributed by atoms with Crippen molar-refractivity contribution in [2.24, 2.45) is 11.8 Å². The Balaban J connectivity index is 1.98. The van der Waals surface area contributed by atoms with E-state index in [0.29, 0.717) is 0 Å². The lowest BCUT2D eigenvalue weighted by molar-refractivity contribution is -0.169. The van der Waals surface area contributed by atoms with Crippen molar-refractivity contribution in [3.63, 3.8) is 0 Å². The molecule has 0 N–H and O–H groups in total. The third-order valence-electron chi connectivity index (χ3n) is 4.35. The topological polar surface area (TPSA) is 105 Å². The first-order valence-electron chi connectivity index (χ1n) is 6.91. The molecule has 1 heterocycles. The molecule has 0 radical (unpaired) electrons. The first kappa shape index (κ1) is 15.6. The molecule has 0 aromatic heterocycles. The number of halogens is 1. The molecule has 3 fully saturated rings. The predicted molar refractivity (Wildman–Crippen MR) is 66.3 cm³/mol. The van der Waals surface area contributed by atoms with Gasteiger partial charge >= 0.3 is 22.3 Å². The van der Waals surface area contributed by atoms with E-state index in [1.807, 2.05) is 0 Å². The van der Waals surface area contributed by atoms with Gasteiger partial charge in [0.15, 0.2) is 0 Å². The summed E-state index contributed by atoms with van der Waals surface area (Å²) in [6, 6.07) is 0. The molecule has 0 aromatic carbocycles. The fraction of sp³-hybridized carbons (Fsp3) is 0.833. The van der Waals surface area contributed by atoms with E-state index in [4.69, 9.17) is 13.1 Å².